The van der Waals surface area contributed by atoms with Crippen molar-refractivity contribution in [3.63, 3.8) is 0 Å². The summed E-state index contributed by atoms with van der Waals surface area (Å²) in [5.41, 5.74) is 0. The van der Waals surface area contributed by atoms with Crippen molar-refractivity contribution in [3.8, 4) is 0 Å². The van der Waals surface area contributed by atoms with Crippen LogP contribution in [0.25, 0.3) is 0 Å². The van der Waals surface area contributed by atoms with Gasteiger partial charge in [-0.2, -0.15) is 11.8 Å². The van der Waals surface area contributed by atoms with Crippen LogP contribution in [0.5, 0.6) is 0 Å². The lowest BCUT2D eigenvalue weighted by Crippen LogP contribution is -2.47. The van der Waals surface area contributed by atoms with Crippen LogP contribution in [-0.2, 0) is 4.79 Å². The Bertz CT molecular complexity index is 248. The molecule has 1 saturated heterocycles. The molecule has 1 atom stereocenters. The second-order valence-electron chi connectivity index (χ2n) is 4.29. The average molecular weight is 211 g/mol. The summed E-state index contributed by atoms with van der Waals surface area (Å²) in [7, 11) is 0. The highest BCUT2D eigenvalue weighted by atomic mass is 32.2. The molecule has 2 rings (SSSR count). The highest BCUT2D eigenvalue weighted by Gasteiger charge is 2.41. The van der Waals surface area contributed by atoms with E-state index < -0.39 is 0 Å². The molecule has 1 amide bonds. The topological polar surface area (TPSA) is 29.1 Å². The molecule has 2 fully saturated rings. The van der Waals surface area contributed by atoms with Gasteiger partial charge in [0.05, 0.1) is 0 Å². The van der Waals surface area contributed by atoms with Gasteiger partial charge in [0.15, 0.2) is 0 Å². The summed E-state index contributed by atoms with van der Waals surface area (Å²) >= 11 is 2.11. The number of hydrogen-bond donors (Lipinski definition) is 1. The maximum absolute atomic E-state index is 11.2. The maximum Gasteiger partial charge on any atom is 0.243 e. The van der Waals surface area contributed by atoms with Gasteiger partial charge in [-0.1, -0.05) is 13.0 Å². The number of amides is 1. The molecule has 1 saturated carbocycles. The van der Waals surface area contributed by atoms with Gasteiger partial charge in [-0.25, -0.2) is 0 Å². The molecule has 1 spiro atoms. The van der Waals surface area contributed by atoms with Crippen molar-refractivity contribution in [2.24, 2.45) is 0 Å². The number of rotatable bonds is 2. The van der Waals surface area contributed by atoms with E-state index in [9.17, 15) is 4.79 Å². The Morgan fingerprint density at radius 2 is 2.36 bits per heavy atom. The largest absolute Gasteiger partial charge is 0.350 e. The highest BCUT2D eigenvalue weighted by molar-refractivity contribution is 8.00. The highest BCUT2D eigenvalue weighted by Crippen LogP contribution is 2.50. The second kappa shape index (κ2) is 3.97. The maximum atomic E-state index is 11.2. The molecule has 2 aliphatic rings. The molecule has 0 radical (unpaired) electrons. The normalized spacial score (nSPS) is 29.3. The van der Waals surface area contributed by atoms with E-state index in [2.05, 4.69) is 23.7 Å². The molecule has 1 aliphatic heterocycles. The zero-order chi connectivity index (χ0) is 10.0. The monoisotopic (exact) mass is 211 g/mol. The molecular weight excluding hydrogens is 194 g/mol. The third-order valence-corrected chi connectivity index (χ3v) is 4.92. The van der Waals surface area contributed by atoms with Crippen LogP contribution in [0.3, 0.4) is 0 Å². The first-order chi connectivity index (χ1) is 6.74. The van der Waals surface area contributed by atoms with E-state index >= 15 is 0 Å². The zero-order valence-electron chi connectivity index (χ0n) is 8.42. The molecule has 3 heteroatoms. The van der Waals surface area contributed by atoms with Crippen LogP contribution < -0.4 is 5.32 Å². The predicted octanol–water partition coefficient (Wildman–Crippen LogP) is 2.11. The molecule has 1 N–H and O–H groups in total. The van der Waals surface area contributed by atoms with Crippen LogP contribution in [0.2, 0.25) is 0 Å². The Hall–Kier alpha value is -0.440. The summed E-state index contributed by atoms with van der Waals surface area (Å²) < 4.78 is 0.525. The summed E-state index contributed by atoms with van der Waals surface area (Å²) in [4.78, 5) is 11.2. The van der Waals surface area contributed by atoms with Crippen molar-refractivity contribution in [2.75, 3.05) is 5.75 Å². The fourth-order valence-corrected chi connectivity index (χ4v) is 4.06. The lowest BCUT2D eigenvalue weighted by molar-refractivity contribution is -0.117. The van der Waals surface area contributed by atoms with Crippen molar-refractivity contribution < 1.29 is 4.79 Å². The van der Waals surface area contributed by atoms with Crippen LogP contribution in [0.1, 0.15) is 32.1 Å². The molecule has 0 aromatic heterocycles. The van der Waals surface area contributed by atoms with Crippen LogP contribution in [0.4, 0.5) is 0 Å². The summed E-state index contributed by atoms with van der Waals surface area (Å²) in [6.07, 6.45) is 7.71. The van der Waals surface area contributed by atoms with E-state index in [4.69, 9.17) is 0 Å². The summed E-state index contributed by atoms with van der Waals surface area (Å²) in [6.45, 7) is 3.48. The average Bonchev–Trinajstić information content (AvgIpc) is 2.16. The van der Waals surface area contributed by atoms with Gasteiger partial charge >= 0.3 is 0 Å². The van der Waals surface area contributed by atoms with E-state index in [0.29, 0.717) is 10.8 Å². The number of nitrogens with one attached hydrogen (secondary N) is 1. The minimum atomic E-state index is -0.0172. The SMILES string of the molecule is C=CC(=O)NC1CCSC2(CCC2)C1. The second-order valence-corrected chi connectivity index (χ2v) is 5.85. The Morgan fingerprint density at radius 3 is 2.93 bits per heavy atom. The smallest absolute Gasteiger partial charge is 0.243 e. The minimum Gasteiger partial charge on any atom is -0.350 e. The third-order valence-electron chi connectivity index (χ3n) is 3.29. The van der Waals surface area contributed by atoms with E-state index in [1.54, 1.807) is 0 Å². The van der Waals surface area contributed by atoms with Crippen LogP contribution >= 0.6 is 11.8 Å². The van der Waals surface area contributed by atoms with Gasteiger partial charge in [0.2, 0.25) is 5.91 Å². The molecular formula is C11H17NOS. The van der Waals surface area contributed by atoms with E-state index in [1.807, 2.05) is 0 Å². The molecule has 78 valence electrons. The van der Waals surface area contributed by atoms with Gasteiger partial charge in [0.25, 0.3) is 0 Å². The number of thioether (sulfide) groups is 1. The number of hydrogen-bond acceptors (Lipinski definition) is 2. The van der Waals surface area contributed by atoms with Gasteiger partial charge < -0.3 is 5.32 Å². The third kappa shape index (κ3) is 1.97. The Kier molecular flexibility index (Phi) is 2.86. The molecule has 1 unspecified atom stereocenters. The van der Waals surface area contributed by atoms with Crippen molar-refractivity contribution in [2.45, 2.75) is 42.9 Å². The molecule has 0 aromatic rings. The minimum absolute atomic E-state index is 0.0172. The van der Waals surface area contributed by atoms with E-state index in [1.165, 1.54) is 31.1 Å². The fourth-order valence-electron chi connectivity index (χ4n) is 2.33. The van der Waals surface area contributed by atoms with Crippen LogP contribution in [0.15, 0.2) is 12.7 Å². The van der Waals surface area contributed by atoms with Crippen molar-refractivity contribution in [1.29, 1.82) is 0 Å². The lowest BCUT2D eigenvalue weighted by Gasteiger charge is -2.47. The van der Waals surface area contributed by atoms with Crippen molar-refractivity contribution in [1.82, 2.24) is 5.32 Å². The number of carbonyl (C=O) groups is 1. The number of carbonyl (C=O) groups excluding carboxylic acids is 1. The first kappa shape index (κ1) is 10.1. The Balaban J connectivity index is 1.87. The molecule has 0 aromatic carbocycles. The Morgan fingerprint density at radius 1 is 1.57 bits per heavy atom. The van der Waals surface area contributed by atoms with Gasteiger partial charge in [-0.3, -0.25) is 4.79 Å². The molecule has 1 aliphatic carbocycles. The Labute approximate surface area is 89.5 Å². The van der Waals surface area contributed by atoms with Gasteiger partial charge in [0.1, 0.15) is 0 Å². The van der Waals surface area contributed by atoms with Crippen LogP contribution in [0, 0.1) is 0 Å². The van der Waals surface area contributed by atoms with Gasteiger partial charge in [-0.15, -0.1) is 0 Å². The first-order valence-electron chi connectivity index (χ1n) is 5.31. The van der Waals surface area contributed by atoms with Crippen molar-refractivity contribution in [3.05, 3.63) is 12.7 Å². The van der Waals surface area contributed by atoms with E-state index in [-0.39, 0.29) is 5.91 Å². The summed E-state index contributed by atoms with van der Waals surface area (Å²) in [6, 6.07) is 0.391. The molecule has 0 bridgehead atoms. The van der Waals surface area contributed by atoms with Crippen molar-refractivity contribution >= 4 is 17.7 Å². The predicted molar refractivity (Wildman–Crippen MR) is 60.4 cm³/mol. The molecule has 14 heavy (non-hydrogen) atoms. The molecule has 2 nitrogen and oxygen atoms in total. The fraction of sp³-hybridized carbons (Fsp3) is 0.727. The first-order valence-corrected chi connectivity index (χ1v) is 6.30. The van der Waals surface area contributed by atoms with E-state index in [0.717, 1.165) is 12.8 Å². The summed E-state index contributed by atoms with van der Waals surface area (Å²) in [5.74, 6) is 1.18. The summed E-state index contributed by atoms with van der Waals surface area (Å²) in [5, 5.41) is 3.02. The standard InChI is InChI=1S/C11H17NOS/c1-2-10(13)12-9-4-7-14-11(8-9)5-3-6-11/h2,9H,1,3-8H2,(H,12,13). The lowest BCUT2D eigenvalue weighted by atomic mass is 9.79. The van der Waals surface area contributed by atoms with Gasteiger partial charge in [0, 0.05) is 10.8 Å². The zero-order valence-corrected chi connectivity index (χ0v) is 9.24. The van der Waals surface area contributed by atoms with Crippen LogP contribution in [-0.4, -0.2) is 22.4 Å². The quantitative estimate of drug-likeness (QED) is 0.709. The van der Waals surface area contributed by atoms with Gasteiger partial charge in [-0.05, 0) is 37.5 Å². The molecule has 1 heterocycles.